The van der Waals surface area contributed by atoms with Gasteiger partial charge >= 0.3 is 0 Å². The van der Waals surface area contributed by atoms with Crippen LogP contribution in [-0.4, -0.2) is 23.5 Å². The van der Waals surface area contributed by atoms with E-state index in [1.807, 2.05) is 0 Å². The molecule has 130 valence electrons. The summed E-state index contributed by atoms with van der Waals surface area (Å²) in [6, 6.07) is 8.08. The van der Waals surface area contributed by atoms with Crippen LogP contribution in [0.25, 0.3) is 0 Å². The summed E-state index contributed by atoms with van der Waals surface area (Å²) in [6.07, 6.45) is 10.6. The number of hydrogen-bond donors (Lipinski definition) is 2. The number of carbonyl (C=O) groups is 1. The first-order valence-electron chi connectivity index (χ1n) is 9.14. The molecule has 23 heavy (non-hydrogen) atoms. The molecule has 0 aliphatic carbocycles. The van der Waals surface area contributed by atoms with Crippen LogP contribution in [0, 0.1) is 0 Å². The summed E-state index contributed by atoms with van der Waals surface area (Å²) < 4.78 is 0. The summed E-state index contributed by atoms with van der Waals surface area (Å²) in [5, 5.41) is 8.80. The molecule has 1 aromatic rings. The number of carbonyl (C=O) groups excluding carboxylic acids is 1. The normalized spacial score (nSPS) is 12.3. The summed E-state index contributed by atoms with van der Waals surface area (Å²) in [4.78, 5) is 11.8. The first-order chi connectivity index (χ1) is 11.2. The molecule has 0 aliphatic rings. The van der Waals surface area contributed by atoms with Crippen molar-refractivity contribution in [3.05, 3.63) is 35.4 Å². The third-order valence-electron chi connectivity index (χ3n) is 4.36. The molecule has 0 aliphatic heterocycles. The number of rotatable bonds is 13. The molecule has 0 bridgehead atoms. The van der Waals surface area contributed by atoms with Gasteiger partial charge in [0.05, 0.1) is 6.04 Å². The molecule has 3 nitrogen and oxygen atoms in total. The predicted molar refractivity (Wildman–Crippen MR) is 96.5 cm³/mol. The molecule has 0 saturated carbocycles. The molecule has 0 radical (unpaired) electrons. The lowest BCUT2D eigenvalue weighted by molar-refractivity contribution is -0.120. The Hall–Kier alpha value is -1.19. The maximum atomic E-state index is 11.8. The Morgan fingerprint density at radius 2 is 1.57 bits per heavy atom. The highest BCUT2D eigenvalue weighted by Crippen LogP contribution is 2.12. The lowest BCUT2D eigenvalue weighted by Gasteiger charge is -2.09. The van der Waals surface area contributed by atoms with Crippen LogP contribution in [0.1, 0.15) is 69.4 Å². The third-order valence-corrected chi connectivity index (χ3v) is 4.36. The Morgan fingerprint density at radius 3 is 2.17 bits per heavy atom. The van der Waals surface area contributed by atoms with E-state index in [2.05, 4.69) is 31.2 Å². The lowest BCUT2D eigenvalue weighted by atomic mass is 10.00. The fourth-order valence-electron chi connectivity index (χ4n) is 2.74. The molecule has 0 aromatic heterocycles. The summed E-state index contributed by atoms with van der Waals surface area (Å²) in [7, 11) is 0. The summed E-state index contributed by atoms with van der Waals surface area (Å²) >= 11 is 0. The minimum atomic E-state index is -0.521. The average Bonchev–Trinajstić information content (AvgIpc) is 2.57. The zero-order valence-electron chi connectivity index (χ0n) is 14.6. The van der Waals surface area contributed by atoms with Gasteiger partial charge in [0.2, 0.25) is 0 Å². The maximum absolute atomic E-state index is 11.8. The predicted octanol–water partition coefficient (Wildman–Crippen LogP) is 3.80. The standard InChI is InChI=1S/C20H33NO2/c1-2-3-4-5-6-7-8-17-9-11-18(12-10-17)13-14-20(23)19(21)15-16-22/h9-12,19,22H,2-8,13-16,21H2,1H3. The fourth-order valence-corrected chi connectivity index (χ4v) is 2.74. The Kier molecular flexibility index (Phi) is 10.6. The van der Waals surface area contributed by atoms with E-state index in [1.54, 1.807) is 0 Å². The number of aryl methyl sites for hydroxylation is 2. The Morgan fingerprint density at radius 1 is 1.00 bits per heavy atom. The van der Waals surface area contributed by atoms with Crippen LogP contribution in [0.15, 0.2) is 24.3 Å². The number of benzene rings is 1. The molecule has 0 fully saturated rings. The number of Topliss-reactive ketones (excluding diaryl/α,β-unsaturated/α-hetero) is 1. The van der Waals surface area contributed by atoms with E-state index in [1.165, 1.54) is 49.7 Å². The molecule has 3 heteroatoms. The molecular weight excluding hydrogens is 286 g/mol. The average molecular weight is 319 g/mol. The van der Waals surface area contributed by atoms with Gasteiger partial charge in [0.1, 0.15) is 5.78 Å². The van der Waals surface area contributed by atoms with Crippen molar-refractivity contribution in [2.75, 3.05) is 6.61 Å². The third kappa shape index (κ3) is 8.87. The van der Waals surface area contributed by atoms with Gasteiger partial charge in [-0.3, -0.25) is 4.79 Å². The highest BCUT2D eigenvalue weighted by Gasteiger charge is 2.12. The number of aliphatic hydroxyl groups is 1. The van der Waals surface area contributed by atoms with Gasteiger partial charge in [0, 0.05) is 13.0 Å². The Labute approximate surface area is 141 Å². The van der Waals surface area contributed by atoms with Crippen LogP contribution in [0.5, 0.6) is 0 Å². The molecule has 0 saturated heterocycles. The number of ketones is 1. The zero-order chi connectivity index (χ0) is 16.9. The van der Waals surface area contributed by atoms with Crippen LogP contribution in [-0.2, 0) is 17.6 Å². The molecule has 0 amide bonds. The van der Waals surface area contributed by atoms with Crippen molar-refractivity contribution >= 4 is 5.78 Å². The van der Waals surface area contributed by atoms with E-state index in [0.717, 1.165) is 12.8 Å². The SMILES string of the molecule is CCCCCCCCc1ccc(CCC(=O)C(N)CCO)cc1. The van der Waals surface area contributed by atoms with Crippen molar-refractivity contribution < 1.29 is 9.90 Å². The topological polar surface area (TPSA) is 63.3 Å². The van der Waals surface area contributed by atoms with Crippen LogP contribution >= 0.6 is 0 Å². The molecule has 1 aromatic carbocycles. The van der Waals surface area contributed by atoms with Crippen molar-refractivity contribution in [1.29, 1.82) is 0 Å². The van der Waals surface area contributed by atoms with Gasteiger partial charge in [-0.05, 0) is 36.8 Å². The second-order valence-corrected chi connectivity index (χ2v) is 6.42. The van der Waals surface area contributed by atoms with Crippen molar-refractivity contribution in [2.45, 2.75) is 77.2 Å². The van der Waals surface area contributed by atoms with Crippen molar-refractivity contribution in [3.63, 3.8) is 0 Å². The lowest BCUT2D eigenvalue weighted by Crippen LogP contribution is -2.31. The molecule has 1 rings (SSSR count). The van der Waals surface area contributed by atoms with E-state index in [0.29, 0.717) is 12.8 Å². The van der Waals surface area contributed by atoms with Gasteiger partial charge in [-0.15, -0.1) is 0 Å². The maximum Gasteiger partial charge on any atom is 0.149 e. The minimum Gasteiger partial charge on any atom is -0.396 e. The first-order valence-corrected chi connectivity index (χ1v) is 9.14. The summed E-state index contributed by atoms with van der Waals surface area (Å²) in [5.74, 6) is 0.0372. The Bertz CT molecular complexity index is 428. The molecular formula is C20H33NO2. The monoisotopic (exact) mass is 319 g/mol. The van der Waals surface area contributed by atoms with Crippen molar-refractivity contribution in [2.24, 2.45) is 5.73 Å². The fraction of sp³-hybridized carbons (Fsp3) is 0.650. The van der Waals surface area contributed by atoms with Gasteiger partial charge in [-0.2, -0.15) is 0 Å². The Balaban J connectivity index is 2.24. The second kappa shape index (κ2) is 12.3. The largest absolute Gasteiger partial charge is 0.396 e. The summed E-state index contributed by atoms with van der Waals surface area (Å²) in [6.45, 7) is 2.22. The smallest absolute Gasteiger partial charge is 0.149 e. The number of unbranched alkanes of at least 4 members (excludes halogenated alkanes) is 5. The highest BCUT2D eigenvalue weighted by atomic mass is 16.3. The van der Waals surface area contributed by atoms with E-state index < -0.39 is 6.04 Å². The minimum absolute atomic E-state index is 0.0277. The summed E-state index contributed by atoms with van der Waals surface area (Å²) in [5.41, 5.74) is 8.27. The highest BCUT2D eigenvalue weighted by molar-refractivity contribution is 5.83. The second-order valence-electron chi connectivity index (χ2n) is 6.42. The van der Waals surface area contributed by atoms with Crippen LogP contribution in [0.3, 0.4) is 0 Å². The number of nitrogens with two attached hydrogens (primary N) is 1. The van der Waals surface area contributed by atoms with Gasteiger partial charge in [-0.1, -0.05) is 63.3 Å². The van der Waals surface area contributed by atoms with Gasteiger partial charge in [-0.25, -0.2) is 0 Å². The van der Waals surface area contributed by atoms with E-state index in [4.69, 9.17) is 10.8 Å². The van der Waals surface area contributed by atoms with Crippen molar-refractivity contribution in [3.8, 4) is 0 Å². The van der Waals surface area contributed by atoms with Crippen LogP contribution in [0.2, 0.25) is 0 Å². The van der Waals surface area contributed by atoms with E-state index >= 15 is 0 Å². The van der Waals surface area contributed by atoms with Gasteiger partial charge < -0.3 is 10.8 Å². The molecule has 3 N–H and O–H groups in total. The van der Waals surface area contributed by atoms with Crippen LogP contribution < -0.4 is 5.73 Å². The van der Waals surface area contributed by atoms with Crippen LogP contribution in [0.4, 0.5) is 0 Å². The molecule has 1 unspecified atom stereocenters. The molecule has 1 atom stereocenters. The molecule has 0 spiro atoms. The zero-order valence-corrected chi connectivity index (χ0v) is 14.6. The quantitative estimate of drug-likeness (QED) is 0.544. The van der Waals surface area contributed by atoms with Crippen molar-refractivity contribution in [1.82, 2.24) is 0 Å². The first kappa shape index (κ1) is 19.9. The van der Waals surface area contributed by atoms with E-state index in [9.17, 15) is 4.79 Å². The number of aliphatic hydroxyl groups excluding tert-OH is 1. The van der Waals surface area contributed by atoms with Gasteiger partial charge in [0.25, 0.3) is 0 Å². The van der Waals surface area contributed by atoms with Gasteiger partial charge in [0.15, 0.2) is 0 Å². The van der Waals surface area contributed by atoms with E-state index in [-0.39, 0.29) is 12.4 Å². The molecule has 0 heterocycles. The number of hydrogen-bond acceptors (Lipinski definition) is 3.